The molecule has 0 saturated carbocycles. The summed E-state index contributed by atoms with van der Waals surface area (Å²) in [6.07, 6.45) is -4.15. The number of phenols is 2. The van der Waals surface area contributed by atoms with Crippen LogP contribution in [-0.2, 0) is 6.54 Å². The van der Waals surface area contributed by atoms with Crippen LogP contribution in [0.4, 0.5) is 13.2 Å². The van der Waals surface area contributed by atoms with E-state index in [9.17, 15) is 28.2 Å². The summed E-state index contributed by atoms with van der Waals surface area (Å²) in [4.78, 5) is 20.7. The van der Waals surface area contributed by atoms with Crippen LogP contribution in [0.25, 0.3) is 33.4 Å². The van der Waals surface area contributed by atoms with Crippen LogP contribution in [-0.4, -0.2) is 50.5 Å². The van der Waals surface area contributed by atoms with Crippen LogP contribution < -0.4 is 5.56 Å². The smallest absolute Gasteiger partial charge is 0.389 e. The highest BCUT2D eigenvalue weighted by Crippen LogP contribution is 2.31. The van der Waals surface area contributed by atoms with Crippen LogP contribution in [0.1, 0.15) is 19.3 Å². The Kier molecular flexibility index (Phi) is 7.12. The van der Waals surface area contributed by atoms with Gasteiger partial charge < -0.3 is 15.1 Å². The predicted molar refractivity (Wildman–Crippen MR) is 140 cm³/mol. The lowest BCUT2D eigenvalue weighted by molar-refractivity contribution is -0.136. The molecule has 5 rings (SSSR count). The van der Waals surface area contributed by atoms with Crippen molar-refractivity contribution in [3.8, 4) is 34.0 Å². The molecule has 1 aliphatic heterocycles. The van der Waals surface area contributed by atoms with E-state index >= 15 is 0 Å². The van der Waals surface area contributed by atoms with Gasteiger partial charge in [-0.05, 0) is 79.4 Å². The molecule has 0 amide bonds. The topological polar surface area (TPSA) is 78.6 Å². The molecule has 0 spiro atoms. The molecule has 2 heterocycles. The van der Waals surface area contributed by atoms with Gasteiger partial charge in [-0.1, -0.05) is 30.3 Å². The third kappa shape index (κ3) is 5.67. The third-order valence-electron chi connectivity index (χ3n) is 7.05. The van der Waals surface area contributed by atoms with Crippen molar-refractivity contribution in [2.75, 3.05) is 19.6 Å². The SMILES string of the molecule is O=c1c2cc(-c3ccc(O)cc3)ccc2nc(-c2ccccc2O)n1CC1CCN(CCCC(F)(F)F)C1. The number of para-hydroxylation sites is 1. The van der Waals surface area contributed by atoms with Crippen LogP contribution in [0, 0.1) is 5.92 Å². The lowest BCUT2D eigenvalue weighted by Gasteiger charge is -2.19. The van der Waals surface area contributed by atoms with Gasteiger partial charge in [0.1, 0.15) is 17.3 Å². The molecule has 0 aliphatic carbocycles. The Hall–Kier alpha value is -3.85. The maximum Gasteiger partial charge on any atom is 0.389 e. The molecule has 1 atom stereocenters. The van der Waals surface area contributed by atoms with Crippen molar-refractivity contribution in [3.05, 3.63) is 77.1 Å². The Bertz CT molecular complexity index is 1500. The van der Waals surface area contributed by atoms with Crippen LogP contribution in [0.15, 0.2) is 71.5 Å². The fraction of sp³-hybridized carbons (Fsp3) is 0.310. The van der Waals surface area contributed by atoms with Gasteiger partial charge in [-0.25, -0.2) is 4.98 Å². The van der Waals surface area contributed by atoms with Crippen LogP contribution in [0.5, 0.6) is 11.5 Å². The Morgan fingerprint density at radius 2 is 1.71 bits per heavy atom. The van der Waals surface area contributed by atoms with E-state index < -0.39 is 12.6 Å². The first kappa shape index (κ1) is 25.8. The highest BCUT2D eigenvalue weighted by atomic mass is 19.4. The summed E-state index contributed by atoms with van der Waals surface area (Å²) in [5.74, 6) is 0.569. The van der Waals surface area contributed by atoms with Gasteiger partial charge in [0.15, 0.2) is 0 Å². The molecule has 6 nitrogen and oxygen atoms in total. The third-order valence-corrected chi connectivity index (χ3v) is 7.05. The van der Waals surface area contributed by atoms with Gasteiger partial charge in [0.05, 0.1) is 16.5 Å². The molecule has 198 valence electrons. The lowest BCUT2D eigenvalue weighted by Crippen LogP contribution is -2.29. The lowest BCUT2D eigenvalue weighted by atomic mass is 10.0. The Labute approximate surface area is 217 Å². The van der Waals surface area contributed by atoms with Gasteiger partial charge in [-0.2, -0.15) is 13.2 Å². The predicted octanol–water partition coefficient (Wildman–Crippen LogP) is 5.81. The molecule has 1 aliphatic rings. The van der Waals surface area contributed by atoms with E-state index in [1.165, 1.54) is 0 Å². The summed E-state index contributed by atoms with van der Waals surface area (Å²) in [6.45, 7) is 1.97. The van der Waals surface area contributed by atoms with Gasteiger partial charge in [0, 0.05) is 19.5 Å². The second-order valence-corrected chi connectivity index (χ2v) is 9.82. The maximum absolute atomic E-state index is 13.9. The van der Waals surface area contributed by atoms with Gasteiger partial charge in [-0.3, -0.25) is 9.36 Å². The molecule has 1 saturated heterocycles. The number of phenolic OH excluding ortho intramolecular Hbond substituents is 2. The summed E-state index contributed by atoms with van der Waals surface area (Å²) < 4.78 is 39.3. The molecule has 38 heavy (non-hydrogen) atoms. The van der Waals surface area contributed by atoms with Crippen molar-refractivity contribution < 1.29 is 23.4 Å². The number of aromatic hydroxyl groups is 2. The number of fused-ring (bicyclic) bond motifs is 1. The first-order chi connectivity index (χ1) is 18.2. The minimum absolute atomic E-state index is 0.00779. The zero-order chi connectivity index (χ0) is 26.9. The molecular weight excluding hydrogens is 495 g/mol. The zero-order valence-corrected chi connectivity index (χ0v) is 20.7. The molecule has 1 unspecified atom stereocenters. The summed E-state index contributed by atoms with van der Waals surface area (Å²) in [7, 11) is 0. The number of hydrogen-bond donors (Lipinski definition) is 2. The number of benzene rings is 3. The molecular formula is C29H28F3N3O3. The minimum atomic E-state index is -4.16. The number of likely N-dealkylation sites (tertiary alicyclic amines) is 1. The summed E-state index contributed by atoms with van der Waals surface area (Å²) in [6, 6.07) is 18.8. The Morgan fingerprint density at radius 3 is 2.45 bits per heavy atom. The highest BCUT2D eigenvalue weighted by Gasteiger charge is 2.29. The average molecular weight is 524 g/mol. The monoisotopic (exact) mass is 523 g/mol. The first-order valence-corrected chi connectivity index (χ1v) is 12.6. The largest absolute Gasteiger partial charge is 0.508 e. The first-order valence-electron chi connectivity index (χ1n) is 12.6. The fourth-order valence-electron chi connectivity index (χ4n) is 5.12. The summed E-state index contributed by atoms with van der Waals surface area (Å²) >= 11 is 0. The number of hydrogen-bond acceptors (Lipinski definition) is 5. The second-order valence-electron chi connectivity index (χ2n) is 9.82. The minimum Gasteiger partial charge on any atom is -0.508 e. The van der Waals surface area contributed by atoms with Crippen LogP contribution >= 0.6 is 0 Å². The summed E-state index contributed by atoms with van der Waals surface area (Å²) in [5.41, 5.74) is 2.33. The molecule has 1 fully saturated rings. The molecule has 3 aromatic carbocycles. The van der Waals surface area contributed by atoms with Gasteiger partial charge in [0.25, 0.3) is 5.56 Å². The molecule has 9 heteroatoms. The average Bonchev–Trinajstić information content (AvgIpc) is 3.33. The van der Waals surface area contributed by atoms with Crippen molar-refractivity contribution in [2.45, 2.75) is 32.0 Å². The van der Waals surface area contributed by atoms with Crippen molar-refractivity contribution in [1.82, 2.24) is 14.5 Å². The zero-order valence-electron chi connectivity index (χ0n) is 20.7. The van der Waals surface area contributed by atoms with E-state index in [0.29, 0.717) is 48.5 Å². The van der Waals surface area contributed by atoms with Crippen molar-refractivity contribution in [3.63, 3.8) is 0 Å². The van der Waals surface area contributed by atoms with E-state index in [-0.39, 0.29) is 29.4 Å². The molecule has 0 radical (unpaired) electrons. The van der Waals surface area contributed by atoms with Crippen LogP contribution in [0.3, 0.4) is 0 Å². The number of halogens is 3. The van der Waals surface area contributed by atoms with E-state index in [0.717, 1.165) is 17.5 Å². The second kappa shape index (κ2) is 10.5. The van der Waals surface area contributed by atoms with E-state index in [1.54, 1.807) is 65.2 Å². The van der Waals surface area contributed by atoms with Gasteiger partial charge in [0.2, 0.25) is 0 Å². The highest BCUT2D eigenvalue weighted by molar-refractivity contribution is 5.85. The maximum atomic E-state index is 13.9. The van der Waals surface area contributed by atoms with Crippen molar-refractivity contribution >= 4 is 10.9 Å². The van der Waals surface area contributed by atoms with Gasteiger partial charge in [-0.15, -0.1) is 0 Å². The van der Waals surface area contributed by atoms with Gasteiger partial charge >= 0.3 is 6.18 Å². The Balaban J connectivity index is 1.50. The number of aromatic nitrogens is 2. The van der Waals surface area contributed by atoms with Crippen molar-refractivity contribution in [2.24, 2.45) is 5.92 Å². The number of nitrogens with zero attached hydrogens (tertiary/aromatic N) is 3. The molecule has 0 bridgehead atoms. The Morgan fingerprint density at radius 1 is 0.974 bits per heavy atom. The molecule has 2 N–H and O–H groups in total. The van der Waals surface area contributed by atoms with E-state index in [2.05, 4.69) is 0 Å². The molecule has 4 aromatic rings. The van der Waals surface area contributed by atoms with Crippen molar-refractivity contribution in [1.29, 1.82) is 0 Å². The fourth-order valence-corrected chi connectivity index (χ4v) is 5.12. The van der Waals surface area contributed by atoms with E-state index in [4.69, 9.17) is 4.98 Å². The normalized spacial score (nSPS) is 16.3. The standard InChI is InChI=1S/C29H28F3N3O3/c30-29(31,32)13-3-14-34-15-12-19(17-34)18-35-27(23-4-1-2-5-26(23)37)33-25-11-8-21(16-24(25)28(35)38)20-6-9-22(36)10-7-20/h1-2,4-11,16,19,36-37H,3,12-15,17-18H2. The molecule has 1 aromatic heterocycles. The quantitative estimate of drug-likeness (QED) is 0.320. The number of rotatable bonds is 7. The number of alkyl halides is 3. The van der Waals surface area contributed by atoms with Crippen LogP contribution in [0.2, 0.25) is 0 Å². The summed E-state index contributed by atoms with van der Waals surface area (Å²) in [5, 5.41) is 20.6. The van der Waals surface area contributed by atoms with E-state index in [1.807, 2.05) is 11.0 Å².